The Bertz CT molecular complexity index is 326. The van der Waals surface area contributed by atoms with Gasteiger partial charge in [-0.05, 0) is 37.8 Å². The quantitative estimate of drug-likeness (QED) is 0.512. The Kier molecular flexibility index (Phi) is 5.58. The van der Waals surface area contributed by atoms with E-state index in [0.717, 1.165) is 6.42 Å². The lowest BCUT2D eigenvalue weighted by molar-refractivity contribution is -0.113. The molecular formula is C13H18O2. The van der Waals surface area contributed by atoms with Crippen LogP contribution in [0.3, 0.4) is 0 Å². The second-order valence-electron chi connectivity index (χ2n) is 4.27. The minimum atomic E-state index is -0.0854. The molecule has 15 heavy (non-hydrogen) atoms. The fourth-order valence-corrected chi connectivity index (χ4v) is 0.972. The van der Waals surface area contributed by atoms with Gasteiger partial charge in [-0.3, -0.25) is 9.59 Å². The fourth-order valence-electron chi connectivity index (χ4n) is 0.972. The van der Waals surface area contributed by atoms with E-state index in [4.69, 9.17) is 0 Å². The molecule has 0 aromatic carbocycles. The molecule has 0 fully saturated rings. The van der Waals surface area contributed by atoms with E-state index in [9.17, 15) is 9.59 Å². The summed E-state index contributed by atoms with van der Waals surface area (Å²) in [4.78, 5) is 21.3. The van der Waals surface area contributed by atoms with Gasteiger partial charge in [0.2, 0.25) is 0 Å². The van der Waals surface area contributed by atoms with Gasteiger partial charge < -0.3 is 0 Å². The Morgan fingerprint density at radius 1 is 1.20 bits per heavy atom. The maximum absolute atomic E-state index is 10.7. The van der Waals surface area contributed by atoms with Crippen molar-refractivity contribution in [2.75, 3.05) is 0 Å². The zero-order chi connectivity index (χ0) is 11.9. The summed E-state index contributed by atoms with van der Waals surface area (Å²) in [6.45, 7) is 7.06. The van der Waals surface area contributed by atoms with E-state index in [-0.39, 0.29) is 17.0 Å². The van der Waals surface area contributed by atoms with Crippen LogP contribution in [0.15, 0.2) is 30.0 Å². The molecule has 0 bridgehead atoms. The van der Waals surface area contributed by atoms with Crippen LogP contribution in [0.5, 0.6) is 0 Å². The van der Waals surface area contributed by atoms with E-state index >= 15 is 0 Å². The summed E-state index contributed by atoms with van der Waals surface area (Å²) in [7, 11) is 0. The lowest BCUT2D eigenvalue weighted by Gasteiger charge is -2.15. The van der Waals surface area contributed by atoms with Crippen molar-refractivity contribution < 1.29 is 9.59 Å². The van der Waals surface area contributed by atoms with Crippen molar-refractivity contribution in [3.05, 3.63) is 30.0 Å². The van der Waals surface area contributed by atoms with Crippen molar-refractivity contribution in [1.82, 2.24) is 0 Å². The van der Waals surface area contributed by atoms with Crippen LogP contribution >= 0.6 is 0 Å². The lowest BCUT2D eigenvalue weighted by Crippen LogP contribution is -2.04. The second-order valence-corrected chi connectivity index (χ2v) is 4.27. The summed E-state index contributed by atoms with van der Waals surface area (Å²) in [5, 5.41) is 0. The number of allylic oxidation sites excluding steroid dienone is 3. The molecule has 2 heteroatoms. The fraction of sp³-hybridized carbons (Fsp3) is 0.462. The van der Waals surface area contributed by atoms with Crippen molar-refractivity contribution in [3.63, 3.8) is 0 Å². The van der Waals surface area contributed by atoms with Crippen LogP contribution in [0.1, 0.15) is 34.1 Å². The Balaban J connectivity index is 4.37. The molecule has 0 radical (unpaired) electrons. The maximum Gasteiger partial charge on any atom is 0.160 e. The molecule has 0 aromatic rings. The summed E-state index contributed by atoms with van der Waals surface area (Å²) in [5.41, 5.74) is 2.76. The van der Waals surface area contributed by atoms with Crippen molar-refractivity contribution in [1.29, 1.82) is 0 Å². The summed E-state index contributed by atoms with van der Waals surface area (Å²) in [6.07, 6.45) is 7.42. The van der Waals surface area contributed by atoms with E-state index in [2.05, 4.69) is 5.73 Å². The van der Waals surface area contributed by atoms with Gasteiger partial charge in [0.05, 0.1) is 0 Å². The zero-order valence-corrected chi connectivity index (χ0v) is 9.83. The zero-order valence-electron chi connectivity index (χ0n) is 9.83. The first kappa shape index (κ1) is 13.6. The van der Waals surface area contributed by atoms with Gasteiger partial charge in [-0.2, -0.15) is 0 Å². The Hall–Kier alpha value is -1.40. The minimum Gasteiger partial charge on any atom is -0.295 e. The van der Waals surface area contributed by atoms with E-state index in [1.807, 2.05) is 26.0 Å². The first-order valence-electron chi connectivity index (χ1n) is 4.95. The molecule has 0 aliphatic rings. The summed E-state index contributed by atoms with van der Waals surface area (Å²) in [5.74, 6) is 0.0374. The van der Waals surface area contributed by atoms with Gasteiger partial charge in [-0.15, -0.1) is 5.73 Å². The van der Waals surface area contributed by atoms with Crippen molar-refractivity contribution in [2.24, 2.45) is 5.41 Å². The highest BCUT2D eigenvalue weighted by Gasteiger charge is 2.10. The van der Waals surface area contributed by atoms with Gasteiger partial charge in [-0.25, -0.2) is 0 Å². The summed E-state index contributed by atoms with van der Waals surface area (Å²) >= 11 is 0. The first-order valence-corrected chi connectivity index (χ1v) is 4.95. The van der Waals surface area contributed by atoms with E-state index < -0.39 is 0 Å². The van der Waals surface area contributed by atoms with Gasteiger partial charge in [0.25, 0.3) is 0 Å². The molecule has 0 spiro atoms. The first-order chi connectivity index (χ1) is 6.83. The highest BCUT2D eigenvalue weighted by Crippen LogP contribution is 2.21. The summed E-state index contributed by atoms with van der Waals surface area (Å²) in [6, 6.07) is 0. The standard InChI is InChI=1S/C13H18O2/c1-11(14)7-5-9-13(3,4)10-6-8-12(2)15/h5,7-8,10H,9H2,1-4H3/b7-5-. The molecule has 82 valence electrons. The predicted molar refractivity (Wildman–Crippen MR) is 61.6 cm³/mol. The Morgan fingerprint density at radius 2 is 1.80 bits per heavy atom. The van der Waals surface area contributed by atoms with E-state index in [1.165, 1.54) is 19.9 Å². The highest BCUT2D eigenvalue weighted by atomic mass is 16.1. The number of carbonyl (C=O) groups is 2. The summed E-state index contributed by atoms with van der Waals surface area (Å²) < 4.78 is 0. The Morgan fingerprint density at radius 3 is 2.27 bits per heavy atom. The topological polar surface area (TPSA) is 34.1 Å². The number of rotatable bonds is 5. The molecular weight excluding hydrogens is 188 g/mol. The number of hydrogen-bond acceptors (Lipinski definition) is 2. The molecule has 0 saturated heterocycles. The average Bonchev–Trinajstić information content (AvgIpc) is 2.01. The molecule has 0 saturated carbocycles. The normalized spacial score (nSPS) is 10.9. The monoisotopic (exact) mass is 206 g/mol. The third kappa shape index (κ3) is 8.92. The van der Waals surface area contributed by atoms with Crippen LogP contribution in [-0.4, -0.2) is 11.6 Å². The van der Waals surface area contributed by atoms with Gasteiger partial charge in [0.15, 0.2) is 11.6 Å². The van der Waals surface area contributed by atoms with E-state index in [1.54, 1.807) is 6.08 Å². The van der Waals surface area contributed by atoms with Gasteiger partial charge in [0, 0.05) is 6.08 Å². The Labute approximate surface area is 91.4 Å². The van der Waals surface area contributed by atoms with Gasteiger partial charge >= 0.3 is 0 Å². The number of carbonyl (C=O) groups excluding carboxylic acids is 2. The maximum atomic E-state index is 10.7. The largest absolute Gasteiger partial charge is 0.295 e. The van der Waals surface area contributed by atoms with Crippen molar-refractivity contribution in [3.8, 4) is 0 Å². The molecule has 0 rings (SSSR count). The molecule has 2 nitrogen and oxygen atoms in total. The molecule has 0 atom stereocenters. The minimum absolute atomic E-state index is 0.0127. The molecule has 0 heterocycles. The van der Waals surface area contributed by atoms with Crippen LogP contribution in [0, 0.1) is 5.41 Å². The molecule has 0 amide bonds. The molecule has 0 aliphatic carbocycles. The smallest absolute Gasteiger partial charge is 0.160 e. The van der Waals surface area contributed by atoms with Crippen LogP contribution in [0.4, 0.5) is 0 Å². The second kappa shape index (κ2) is 6.15. The molecule has 0 aromatic heterocycles. The van der Waals surface area contributed by atoms with Crippen molar-refractivity contribution in [2.45, 2.75) is 34.1 Å². The predicted octanol–water partition coefficient (Wildman–Crippen LogP) is 2.85. The van der Waals surface area contributed by atoms with Crippen LogP contribution < -0.4 is 0 Å². The lowest BCUT2D eigenvalue weighted by atomic mass is 9.89. The van der Waals surface area contributed by atoms with Gasteiger partial charge in [0.1, 0.15) is 0 Å². The van der Waals surface area contributed by atoms with Crippen molar-refractivity contribution >= 4 is 11.6 Å². The average molecular weight is 206 g/mol. The molecule has 0 unspecified atom stereocenters. The van der Waals surface area contributed by atoms with Crippen LogP contribution in [0.2, 0.25) is 0 Å². The third-order valence-electron chi connectivity index (χ3n) is 1.76. The molecule has 0 aliphatic heterocycles. The van der Waals surface area contributed by atoms with Crippen LogP contribution in [-0.2, 0) is 9.59 Å². The third-order valence-corrected chi connectivity index (χ3v) is 1.76. The highest BCUT2D eigenvalue weighted by molar-refractivity contribution is 5.87. The SMILES string of the molecule is CC(=O)C=C=CC(C)(C)C/C=C\C(C)=O. The van der Waals surface area contributed by atoms with Crippen LogP contribution in [0.25, 0.3) is 0 Å². The van der Waals surface area contributed by atoms with E-state index in [0.29, 0.717) is 0 Å². The number of hydrogen-bond donors (Lipinski definition) is 0. The molecule has 0 N–H and O–H groups in total. The number of ketones is 2. The van der Waals surface area contributed by atoms with Gasteiger partial charge in [-0.1, -0.05) is 19.9 Å².